The predicted octanol–water partition coefficient (Wildman–Crippen LogP) is 3.41. The molecule has 0 spiro atoms. The quantitative estimate of drug-likeness (QED) is 0.765. The van der Waals surface area contributed by atoms with E-state index in [-0.39, 0.29) is 11.8 Å². The van der Waals surface area contributed by atoms with Crippen molar-refractivity contribution in [3.8, 4) is 0 Å². The van der Waals surface area contributed by atoms with Crippen LogP contribution >= 0.6 is 11.3 Å². The maximum Gasteiger partial charge on any atom is 0.246 e. The van der Waals surface area contributed by atoms with E-state index in [0.717, 1.165) is 6.54 Å². The van der Waals surface area contributed by atoms with Crippen molar-refractivity contribution in [2.45, 2.75) is 12.5 Å². The number of nitrogens with zero attached hydrogens (tertiary/aromatic N) is 1. The lowest BCUT2D eigenvalue weighted by molar-refractivity contribution is -0.127. The van der Waals surface area contributed by atoms with Crippen LogP contribution in [0.15, 0.2) is 54.4 Å². The van der Waals surface area contributed by atoms with Gasteiger partial charge in [0.15, 0.2) is 0 Å². The Balaban J connectivity index is 2.00. The van der Waals surface area contributed by atoms with E-state index in [1.54, 1.807) is 11.3 Å². The summed E-state index contributed by atoms with van der Waals surface area (Å²) in [5.41, 5.74) is 2.54. The Morgan fingerprint density at radius 2 is 2.11 bits per heavy atom. The molecular formula is C16H15NOS. The highest BCUT2D eigenvalue weighted by molar-refractivity contribution is 7.10. The van der Waals surface area contributed by atoms with E-state index in [2.05, 4.69) is 42.3 Å². The van der Waals surface area contributed by atoms with E-state index in [4.69, 9.17) is 0 Å². The van der Waals surface area contributed by atoms with Gasteiger partial charge in [0, 0.05) is 23.9 Å². The van der Waals surface area contributed by atoms with Crippen molar-refractivity contribution in [3.63, 3.8) is 0 Å². The first-order chi connectivity index (χ1) is 9.29. The Labute approximate surface area is 117 Å². The molecular weight excluding hydrogens is 254 g/mol. The third-order valence-corrected chi connectivity index (χ3v) is 4.62. The number of carbonyl (C=O) groups excluding carboxylic acids is 1. The molecule has 2 nitrogen and oxygen atoms in total. The summed E-state index contributed by atoms with van der Waals surface area (Å²) < 4.78 is 0. The summed E-state index contributed by atoms with van der Waals surface area (Å²) in [7, 11) is 0. The lowest BCUT2D eigenvalue weighted by Gasteiger charge is -2.32. The van der Waals surface area contributed by atoms with Gasteiger partial charge in [-0.25, -0.2) is 0 Å². The first kappa shape index (κ1) is 12.2. The Kier molecular flexibility index (Phi) is 3.22. The second kappa shape index (κ2) is 5.02. The van der Waals surface area contributed by atoms with Crippen LogP contribution in [-0.4, -0.2) is 17.4 Å². The second-order valence-corrected chi connectivity index (χ2v) is 5.64. The molecule has 0 N–H and O–H groups in total. The minimum absolute atomic E-state index is 0.0118. The molecule has 1 amide bonds. The second-order valence-electron chi connectivity index (χ2n) is 4.70. The summed E-state index contributed by atoms with van der Waals surface area (Å²) in [4.78, 5) is 15.1. The van der Waals surface area contributed by atoms with E-state index in [1.165, 1.54) is 22.1 Å². The molecule has 1 aromatic carbocycles. The van der Waals surface area contributed by atoms with Gasteiger partial charge in [-0.05, 0) is 28.6 Å². The van der Waals surface area contributed by atoms with E-state index < -0.39 is 0 Å². The average molecular weight is 269 g/mol. The number of hydrogen-bond donors (Lipinski definition) is 0. The molecule has 0 saturated carbocycles. The molecule has 3 heteroatoms. The molecule has 1 aliphatic rings. The molecule has 0 fully saturated rings. The summed E-state index contributed by atoms with van der Waals surface area (Å²) in [6.45, 7) is 5.03. The van der Waals surface area contributed by atoms with Crippen molar-refractivity contribution >= 4 is 17.2 Å². The van der Waals surface area contributed by atoms with Gasteiger partial charge in [0.1, 0.15) is 0 Å². The molecule has 96 valence electrons. The molecule has 1 aliphatic heterocycles. The number of benzene rings is 1. The minimum atomic E-state index is 0.0118. The third-order valence-electron chi connectivity index (χ3n) is 3.55. The van der Waals surface area contributed by atoms with Crippen LogP contribution in [0.1, 0.15) is 21.9 Å². The van der Waals surface area contributed by atoms with Crippen LogP contribution in [0.4, 0.5) is 0 Å². The first-order valence-electron chi connectivity index (χ1n) is 6.32. The monoisotopic (exact) mass is 269 g/mol. The number of amides is 1. The lowest BCUT2D eigenvalue weighted by Crippen LogP contribution is -2.36. The Hall–Kier alpha value is -1.87. The van der Waals surface area contributed by atoms with E-state index >= 15 is 0 Å². The van der Waals surface area contributed by atoms with Crippen LogP contribution in [0.5, 0.6) is 0 Å². The molecule has 1 aromatic heterocycles. The van der Waals surface area contributed by atoms with Gasteiger partial charge >= 0.3 is 0 Å². The summed E-state index contributed by atoms with van der Waals surface area (Å²) in [6, 6.07) is 12.5. The van der Waals surface area contributed by atoms with Crippen molar-refractivity contribution in [1.82, 2.24) is 4.90 Å². The molecule has 0 unspecified atom stereocenters. The fourth-order valence-electron chi connectivity index (χ4n) is 2.60. The number of carbonyl (C=O) groups is 1. The van der Waals surface area contributed by atoms with E-state index in [1.807, 2.05) is 11.0 Å². The number of thiophene rings is 1. The van der Waals surface area contributed by atoms with E-state index in [0.29, 0.717) is 6.54 Å². The van der Waals surface area contributed by atoms with Crippen molar-refractivity contribution < 1.29 is 4.79 Å². The zero-order valence-electron chi connectivity index (χ0n) is 10.6. The average Bonchev–Trinajstić information content (AvgIpc) is 2.94. The normalized spacial score (nSPS) is 17.9. The molecule has 0 aliphatic carbocycles. The highest BCUT2D eigenvalue weighted by atomic mass is 32.1. The molecule has 3 rings (SSSR count). The van der Waals surface area contributed by atoms with Crippen LogP contribution in [-0.2, 0) is 11.3 Å². The topological polar surface area (TPSA) is 20.3 Å². The maximum atomic E-state index is 11.9. The van der Waals surface area contributed by atoms with Gasteiger partial charge in [0.05, 0.1) is 0 Å². The smallest absolute Gasteiger partial charge is 0.246 e. The molecule has 2 heterocycles. The van der Waals surface area contributed by atoms with Gasteiger partial charge < -0.3 is 4.90 Å². The van der Waals surface area contributed by atoms with Crippen LogP contribution in [0.25, 0.3) is 0 Å². The molecule has 1 atom stereocenters. The summed E-state index contributed by atoms with van der Waals surface area (Å²) >= 11 is 1.79. The van der Waals surface area contributed by atoms with Crippen molar-refractivity contribution in [2.24, 2.45) is 0 Å². The number of hydrogen-bond acceptors (Lipinski definition) is 2. The predicted molar refractivity (Wildman–Crippen MR) is 78.2 cm³/mol. The van der Waals surface area contributed by atoms with Crippen LogP contribution in [0, 0.1) is 0 Å². The molecule has 0 radical (unpaired) electrons. The fraction of sp³-hybridized carbons (Fsp3) is 0.188. The SMILES string of the molecule is C=CC(=O)N1Cc2ccsc2[C@@H](c2ccccc2)C1. The van der Waals surface area contributed by atoms with Gasteiger partial charge in [-0.3, -0.25) is 4.79 Å². The van der Waals surface area contributed by atoms with Crippen LogP contribution in [0.3, 0.4) is 0 Å². The van der Waals surface area contributed by atoms with E-state index in [9.17, 15) is 4.79 Å². The summed E-state index contributed by atoms with van der Waals surface area (Å²) in [5, 5.41) is 2.11. The van der Waals surface area contributed by atoms with Crippen molar-refractivity contribution in [1.29, 1.82) is 0 Å². The standard InChI is InChI=1S/C16H15NOS/c1-2-15(18)17-10-13-8-9-19-16(13)14(11-17)12-6-4-3-5-7-12/h2-9,14H,1,10-11H2/t14-/m1/s1. The van der Waals surface area contributed by atoms with Gasteiger partial charge in [-0.2, -0.15) is 0 Å². The zero-order valence-corrected chi connectivity index (χ0v) is 11.4. The molecule has 2 aromatic rings. The Morgan fingerprint density at radius 1 is 1.32 bits per heavy atom. The van der Waals surface area contributed by atoms with Crippen molar-refractivity contribution in [2.75, 3.05) is 6.54 Å². The van der Waals surface area contributed by atoms with Gasteiger partial charge in [0.25, 0.3) is 0 Å². The maximum absolute atomic E-state index is 11.9. The van der Waals surface area contributed by atoms with Gasteiger partial charge in [-0.1, -0.05) is 36.9 Å². The molecule has 19 heavy (non-hydrogen) atoms. The molecule has 0 bridgehead atoms. The fourth-order valence-corrected chi connectivity index (χ4v) is 3.63. The molecule has 0 saturated heterocycles. The summed E-state index contributed by atoms with van der Waals surface area (Å²) in [5.74, 6) is 0.298. The highest BCUT2D eigenvalue weighted by Gasteiger charge is 2.29. The Morgan fingerprint density at radius 3 is 2.84 bits per heavy atom. The van der Waals surface area contributed by atoms with Gasteiger partial charge in [-0.15, -0.1) is 11.3 Å². The Bertz CT molecular complexity index is 602. The van der Waals surface area contributed by atoms with Crippen molar-refractivity contribution in [3.05, 3.63) is 70.4 Å². The third kappa shape index (κ3) is 2.22. The first-order valence-corrected chi connectivity index (χ1v) is 7.20. The van der Waals surface area contributed by atoms with Crippen LogP contribution < -0.4 is 0 Å². The highest BCUT2D eigenvalue weighted by Crippen LogP contribution is 2.36. The number of fused-ring (bicyclic) bond motifs is 1. The van der Waals surface area contributed by atoms with Crippen LogP contribution in [0.2, 0.25) is 0 Å². The minimum Gasteiger partial charge on any atom is -0.334 e. The summed E-state index contributed by atoms with van der Waals surface area (Å²) in [6.07, 6.45) is 1.40. The zero-order chi connectivity index (χ0) is 13.2. The largest absolute Gasteiger partial charge is 0.334 e. The number of rotatable bonds is 2. The van der Waals surface area contributed by atoms with Gasteiger partial charge in [0.2, 0.25) is 5.91 Å². The lowest BCUT2D eigenvalue weighted by atomic mass is 9.91.